The molecule has 0 unspecified atom stereocenters. The second-order valence-corrected chi connectivity index (χ2v) is 8.60. The van der Waals surface area contributed by atoms with Gasteiger partial charge < -0.3 is 15.0 Å². The minimum Gasteiger partial charge on any atom is -0.494 e. The van der Waals surface area contributed by atoms with Gasteiger partial charge in [-0.1, -0.05) is 13.8 Å². The first-order valence-electron chi connectivity index (χ1n) is 11.4. The number of rotatable bonds is 7. The normalized spacial score (nSPS) is 14.9. The first-order chi connectivity index (χ1) is 16.7. The molecule has 35 heavy (non-hydrogen) atoms. The summed E-state index contributed by atoms with van der Waals surface area (Å²) < 4.78 is 48.5. The first kappa shape index (κ1) is 24.4. The van der Waals surface area contributed by atoms with E-state index < -0.39 is 24.2 Å². The number of nitrogens with zero attached hydrogens (tertiary/aromatic N) is 4. The second kappa shape index (κ2) is 9.89. The van der Waals surface area contributed by atoms with Crippen LogP contribution in [-0.2, 0) is 0 Å². The Morgan fingerprint density at radius 1 is 1.17 bits per heavy atom. The van der Waals surface area contributed by atoms with Crippen molar-refractivity contribution in [1.29, 1.82) is 0 Å². The fourth-order valence-electron chi connectivity index (χ4n) is 3.86. The highest BCUT2D eigenvalue weighted by Gasteiger charge is 2.40. The van der Waals surface area contributed by atoms with Crippen molar-refractivity contribution >= 4 is 17.4 Å². The number of carbonyl (C=O) groups excluding carboxylic acids is 1. The first-order valence-corrected chi connectivity index (χ1v) is 11.4. The highest BCUT2D eigenvalue weighted by molar-refractivity contribution is 6.08. The van der Waals surface area contributed by atoms with Gasteiger partial charge in [-0.2, -0.15) is 0 Å². The molecule has 1 aromatic carbocycles. The highest BCUT2D eigenvalue weighted by atomic mass is 19.3. The molecular formula is C25H26F3N5O2. The minimum atomic E-state index is -2.89. The third kappa shape index (κ3) is 5.36. The molecular weight excluding hydrogens is 459 g/mol. The van der Waals surface area contributed by atoms with Crippen molar-refractivity contribution in [2.45, 2.75) is 39.0 Å². The topological polar surface area (TPSA) is 80.2 Å². The number of ether oxygens (including phenoxy) is 1. The molecule has 1 fully saturated rings. The van der Waals surface area contributed by atoms with Gasteiger partial charge in [-0.05, 0) is 31.2 Å². The Balaban J connectivity index is 1.78. The predicted octanol–water partition coefficient (Wildman–Crippen LogP) is 5.30. The Bertz CT molecular complexity index is 1220. The number of alkyl halides is 2. The van der Waals surface area contributed by atoms with Crippen LogP contribution in [0.1, 0.15) is 49.3 Å². The molecule has 0 atom stereocenters. The molecule has 1 N–H and O–H groups in total. The van der Waals surface area contributed by atoms with E-state index in [0.717, 1.165) is 0 Å². The molecule has 3 heterocycles. The lowest BCUT2D eigenvalue weighted by Gasteiger charge is -2.23. The van der Waals surface area contributed by atoms with Crippen molar-refractivity contribution < 1.29 is 22.7 Å². The molecule has 1 aliphatic heterocycles. The van der Waals surface area contributed by atoms with Crippen LogP contribution in [0.15, 0.2) is 42.9 Å². The lowest BCUT2D eigenvalue weighted by molar-refractivity contribution is 0.0257. The summed E-state index contributed by atoms with van der Waals surface area (Å²) in [7, 11) is 0. The Morgan fingerprint density at radius 2 is 1.91 bits per heavy atom. The maximum Gasteiger partial charge on any atom is 0.266 e. The van der Waals surface area contributed by atoms with Crippen LogP contribution in [0.5, 0.6) is 5.75 Å². The number of halogens is 3. The molecule has 1 amide bonds. The smallest absolute Gasteiger partial charge is 0.266 e. The van der Waals surface area contributed by atoms with Gasteiger partial charge in [-0.15, -0.1) is 0 Å². The van der Waals surface area contributed by atoms with Crippen LogP contribution in [0, 0.1) is 5.82 Å². The van der Waals surface area contributed by atoms with E-state index in [0.29, 0.717) is 18.2 Å². The van der Waals surface area contributed by atoms with Crippen molar-refractivity contribution in [3.8, 4) is 16.9 Å². The molecule has 0 aliphatic carbocycles. The summed E-state index contributed by atoms with van der Waals surface area (Å²) in [5.41, 5.74) is 0.728. The summed E-state index contributed by atoms with van der Waals surface area (Å²) in [5, 5.41) is 2.75. The van der Waals surface area contributed by atoms with Crippen LogP contribution in [0.2, 0.25) is 0 Å². The van der Waals surface area contributed by atoms with E-state index in [2.05, 4.69) is 20.3 Å². The van der Waals surface area contributed by atoms with Gasteiger partial charge in [0.15, 0.2) is 5.82 Å². The average Bonchev–Trinajstić information content (AvgIpc) is 3.20. The number of amides is 1. The zero-order valence-electron chi connectivity index (χ0n) is 19.7. The van der Waals surface area contributed by atoms with Crippen molar-refractivity contribution in [1.82, 2.24) is 15.0 Å². The number of carbonyl (C=O) groups is 1. The molecule has 10 heteroatoms. The van der Waals surface area contributed by atoms with Gasteiger partial charge in [0, 0.05) is 48.6 Å². The number of nitrogens with one attached hydrogen (secondary N) is 1. The zero-order chi connectivity index (χ0) is 25.2. The van der Waals surface area contributed by atoms with Crippen molar-refractivity contribution in [2.75, 3.05) is 29.9 Å². The Morgan fingerprint density at radius 3 is 2.54 bits per heavy atom. The molecule has 0 bridgehead atoms. The molecule has 0 spiro atoms. The van der Waals surface area contributed by atoms with E-state index in [1.54, 1.807) is 6.92 Å². The van der Waals surface area contributed by atoms with Gasteiger partial charge in [0.25, 0.3) is 11.8 Å². The van der Waals surface area contributed by atoms with Crippen molar-refractivity contribution in [2.24, 2.45) is 0 Å². The van der Waals surface area contributed by atoms with Crippen LogP contribution in [-0.4, -0.2) is 46.5 Å². The molecule has 4 rings (SSSR count). The van der Waals surface area contributed by atoms with E-state index in [9.17, 15) is 18.0 Å². The minimum absolute atomic E-state index is 0.0417. The second-order valence-electron chi connectivity index (χ2n) is 8.60. The quantitative estimate of drug-likeness (QED) is 0.489. The van der Waals surface area contributed by atoms with Crippen molar-refractivity contribution in [3.63, 3.8) is 0 Å². The van der Waals surface area contributed by atoms with Crippen LogP contribution in [0.4, 0.5) is 24.7 Å². The third-order valence-corrected chi connectivity index (χ3v) is 5.63. The van der Waals surface area contributed by atoms with Crippen LogP contribution in [0.25, 0.3) is 11.1 Å². The summed E-state index contributed by atoms with van der Waals surface area (Å²) in [4.78, 5) is 27.2. The van der Waals surface area contributed by atoms with Crippen LogP contribution < -0.4 is 15.0 Å². The SMILES string of the molecule is CCOc1ccc(F)c(-c2ccnc(N3CCC(F)(F)C3)c2NC(=O)c2cnc(C(C)C)nc2)c1. The van der Waals surface area contributed by atoms with Crippen LogP contribution in [0.3, 0.4) is 0 Å². The molecule has 3 aromatic rings. The summed E-state index contributed by atoms with van der Waals surface area (Å²) in [5.74, 6) is -2.78. The highest BCUT2D eigenvalue weighted by Crippen LogP contribution is 2.40. The number of anilines is 2. The van der Waals surface area contributed by atoms with E-state index in [1.807, 2.05) is 13.8 Å². The van der Waals surface area contributed by atoms with Gasteiger partial charge in [0.05, 0.1) is 24.4 Å². The van der Waals surface area contributed by atoms with Gasteiger partial charge in [0.2, 0.25) is 0 Å². The molecule has 2 aromatic heterocycles. The lowest BCUT2D eigenvalue weighted by Crippen LogP contribution is -2.27. The molecule has 184 valence electrons. The summed E-state index contributed by atoms with van der Waals surface area (Å²) in [6, 6.07) is 5.79. The van der Waals surface area contributed by atoms with Gasteiger partial charge in [-0.3, -0.25) is 4.79 Å². The molecule has 0 radical (unpaired) electrons. The summed E-state index contributed by atoms with van der Waals surface area (Å²) in [6.07, 6.45) is 3.86. The summed E-state index contributed by atoms with van der Waals surface area (Å²) in [6.45, 7) is 5.53. The van der Waals surface area contributed by atoms with Gasteiger partial charge in [0.1, 0.15) is 17.4 Å². The van der Waals surface area contributed by atoms with Crippen LogP contribution >= 0.6 is 0 Å². The van der Waals surface area contributed by atoms with E-state index in [-0.39, 0.29) is 47.1 Å². The van der Waals surface area contributed by atoms with Gasteiger partial charge in [-0.25, -0.2) is 28.1 Å². The number of benzene rings is 1. The fraction of sp³-hybridized carbons (Fsp3) is 0.360. The largest absolute Gasteiger partial charge is 0.494 e. The van der Waals surface area contributed by atoms with Gasteiger partial charge >= 0.3 is 0 Å². The number of aromatic nitrogens is 3. The summed E-state index contributed by atoms with van der Waals surface area (Å²) >= 11 is 0. The third-order valence-electron chi connectivity index (χ3n) is 5.63. The fourth-order valence-corrected chi connectivity index (χ4v) is 3.86. The number of hydrogen-bond acceptors (Lipinski definition) is 6. The Labute approximate surface area is 201 Å². The maximum absolute atomic E-state index is 14.9. The standard InChI is InChI=1S/C25H26F3N5O2/c1-4-35-17-5-6-20(26)19(11-17)18-7-9-29-23(33-10-8-25(27,28)14-33)21(18)32-24(34)16-12-30-22(15(2)3)31-13-16/h5-7,9,11-13,15H,4,8,10,14H2,1-3H3,(H,32,34). The van der Waals surface area contributed by atoms with Crippen molar-refractivity contribution in [3.05, 3.63) is 60.1 Å². The van der Waals surface area contributed by atoms with E-state index >= 15 is 0 Å². The average molecular weight is 486 g/mol. The predicted molar refractivity (Wildman–Crippen MR) is 127 cm³/mol. The number of pyridine rings is 1. The lowest BCUT2D eigenvalue weighted by atomic mass is 10.0. The molecule has 1 saturated heterocycles. The monoisotopic (exact) mass is 485 g/mol. The van der Waals surface area contributed by atoms with E-state index in [4.69, 9.17) is 4.74 Å². The molecule has 7 nitrogen and oxygen atoms in total. The van der Waals surface area contributed by atoms with E-state index in [1.165, 1.54) is 47.8 Å². The Kier molecular flexibility index (Phi) is 6.90. The number of hydrogen-bond donors (Lipinski definition) is 1. The molecule has 0 saturated carbocycles. The maximum atomic E-state index is 14.9. The Hall–Kier alpha value is -3.69. The zero-order valence-corrected chi connectivity index (χ0v) is 19.7. The molecule has 1 aliphatic rings.